The van der Waals surface area contributed by atoms with E-state index in [1.165, 1.54) is 26.0 Å². The van der Waals surface area contributed by atoms with E-state index in [1.54, 1.807) is 81.9 Å². The highest BCUT2D eigenvalue weighted by molar-refractivity contribution is 6.95. The second-order valence-electron chi connectivity index (χ2n) is 44.2. The Morgan fingerprint density at radius 3 is 0.829 bits per heavy atom. The van der Waals surface area contributed by atoms with Crippen LogP contribution in [0.15, 0.2) is 61.4 Å². The van der Waals surface area contributed by atoms with Gasteiger partial charge in [-0.1, -0.05) is 99.3 Å². The molecule has 5 fully saturated rings. The normalized spacial score (nSPS) is 19.1. The highest BCUT2D eigenvalue weighted by Crippen LogP contribution is 2.41. The van der Waals surface area contributed by atoms with E-state index >= 15 is 0 Å². The van der Waals surface area contributed by atoms with Crippen LogP contribution in [0, 0.1) is 5.92 Å². The number of hydrogen-bond acceptors (Lipinski definition) is 34. The van der Waals surface area contributed by atoms with E-state index in [-0.39, 0.29) is 63.0 Å². The molecule has 0 bridgehead atoms. The van der Waals surface area contributed by atoms with Crippen LogP contribution in [0.5, 0.6) is 0 Å². The molecule has 1 N–H and O–H groups in total. The largest absolute Gasteiger partial charge is 0.657 e. The molecule has 1 saturated carbocycles. The van der Waals surface area contributed by atoms with Gasteiger partial charge >= 0.3 is 121 Å². The van der Waals surface area contributed by atoms with Crippen LogP contribution >= 0.6 is 0 Å². The number of rotatable bonds is 76. The van der Waals surface area contributed by atoms with Gasteiger partial charge in [-0.15, -0.1) is 38.6 Å². The zero-order chi connectivity index (χ0) is 108. The highest BCUT2D eigenvalue weighted by atomic mass is 28.5. The van der Waals surface area contributed by atoms with Crippen molar-refractivity contribution in [1.29, 1.82) is 0 Å². The molecule has 5 aliphatic rings. The molecule has 0 aromatic rings. The molecule has 0 amide bonds. The van der Waals surface area contributed by atoms with Crippen LogP contribution in [0.25, 0.3) is 0 Å². The van der Waals surface area contributed by atoms with Crippen LogP contribution < -0.4 is 0 Å². The summed E-state index contributed by atoms with van der Waals surface area (Å²) in [4.78, 5) is 0. The molecule has 0 aromatic carbocycles. The first kappa shape index (κ1) is 159. The Hall–Kier alpha value is 2.11. The molecular formula is C90H226O34Si22. The zero-order valence-corrected chi connectivity index (χ0v) is 118. The molecule has 146 heavy (non-hydrogen) atoms. The molecule has 0 spiro atoms. The lowest BCUT2D eigenvalue weighted by atomic mass is 10.5. The third kappa shape index (κ3) is 68.4. The van der Waals surface area contributed by atoms with Gasteiger partial charge in [0.15, 0.2) is 58.2 Å². The van der Waals surface area contributed by atoms with Crippen molar-refractivity contribution in [2.75, 3.05) is 157 Å². The molecule has 4 saturated heterocycles. The van der Waals surface area contributed by atoms with Crippen molar-refractivity contribution in [3.8, 4) is 0 Å². The molecule has 5 rings (SSSR count). The molecule has 34 nitrogen and oxygen atoms in total. The van der Waals surface area contributed by atoms with Gasteiger partial charge in [0.1, 0.15) is 18.3 Å². The van der Waals surface area contributed by atoms with Crippen LogP contribution in [0.2, 0.25) is 269 Å². The fourth-order valence-corrected chi connectivity index (χ4v) is 102. The van der Waals surface area contributed by atoms with Gasteiger partial charge in [0.25, 0.3) is 0 Å². The maximum atomic E-state index is 9.61. The molecule has 4 heterocycles. The first-order valence-electron chi connectivity index (χ1n) is 49.6. The van der Waals surface area contributed by atoms with E-state index in [9.17, 15) is 5.11 Å². The van der Waals surface area contributed by atoms with Crippen molar-refractivity contribution >= 4 is 187 Å². The summed E-state index contributed by atoms with van der Waals surface area (Å²) in [5.74, 6) is 0.855. The van der Waals surface area contributed by atoms with E-state index < -0.39 is 187 Å². The Kier molecular flexibility index (Phi) is 75.2. The van der Waals surface area contributed by atoms with Crippen molar-refractivity contribution in [1.82, 2.24) is 0 Å². The lowest BCUT2D eigenvalue weighted by Crippen LogP contribution is -2.61. The summed E-state index contributed by atoms with van der Waals surface area (Å²) >= 11 is 0. The van der Waals surface area contributed by atoms with E-state index in [0.717, 1.165) is 86.7 Å². The van der Waals surface area contributed by atoms with Gasteiger partial charge in [0.05, 0.1) is 73.3 Å². The first-order valence-corrected chi connectivity index (χ1v) is 108. The number of hydrogen-bond donors (Lipinski definition) is 1. The third-order valence-electron chi connectivity index (χ3n) is 23.5. The summed E-state index contributed by atoms with van der Waals surface area (Å²) in [6.07, 6.45) is 3.72. The van der Waals surface area contributed by atoms with E-state index in [4.69, 9.17) is 144 Å². The average Bonchev–Trinajstić information content (AvgIpc) is 1.03. The molecular weight excluding hydrogens is 2240 g/mol. The Morgan fingerprint density at radius 2 is 0.548 bits per heavy atom. The highest BCUT2D eigenvalue weighted by Gasteiger charge is 2.57. The monoisotopic (exact) mass is 2470 g/mol. The van der Waals surface area contributed by atoms with E-state index in [0.29, 0.717) is 71.1 Å². The second-order valence-corrected chi connectivity index (χ2v) is 126. The number of epoxide rings is 4. The van der Waals surface area contributed by atoms with Gasteiger partial charge in [-0.05, 0) is 264 Å². The zero-order valence-electron chi connectivity index (χ0n) is 95.6. The van der Waals surface area contributed by atoms with E-state index in [2.05, 4.69) is 196 Å². The van der Waals surface area contributed by atoms with Crippen LogP contribution in [-0.2, 0) is 144 Å². The van der Waals surface area contributed by atoms with Crippen molar-refractivity contribution in [3.63, 3.8) is 0 Å². The summed E-state index contributed by atoms with van der Waals surface area (Å²) in [6.45, 7) is 98.0. The predicted molar refractivity (Wildman–Crippen MR) is 652 cm³/mol. The van der Waals surface area contributed by atoms with Crippen molar-refractivity contribution in [3.05, 3.63) is 61.4 Å². The van der Waals surface area contributed by atoms with Gasteiger partial charge in [-0.25, -0.2) is 0 Å². The van der Waals surface area contributed by atoms with Crippen LogP contribution in [0.3, 0.4) is 0 Å². The molecule has 9 unspecified atom stereocenters. The van der Waals surface area contributed by atoms with Gasteiger partial charge in [-0.3, -0.25) is 0 Å². The van der Waals surface area contributed by atoms with Crippen LogP contribution in [0.1, 0.15) is 71.2 Å². The smallest absolute Gasteiger partial charge is 0.436 e. The minimum atomic E-state index is -3.24. The van der Waals surface area contributed by atoms with Gasteiger partial charge in [-0.2, -0.15) is 0 Å². The quantitative estimate of drug-likeness (QED) is 0.0336. The maximum Gasteiger partial charge on any atom is 0.657 e. The van der Waals surface area contributed by atoms with Gasteiger partial charge < -0.3 is 149 Å². The number of ether oxygens (including phenoxy) is 7. The molecule has 4 aliphatic heterocycles. The SMILES string of the molecule is C.C.C.C.C.C.C=C[Si](C)(C)CC[Si](C)(C)O[Si](OC)(OC)O[Si](C)(C)CCOCC1CO1.C=C[Si](C)(O[Si](C)(C)CC1CC1)O[Si](C)(C)O[Si](C)(C=C)O[Si](C)(C)CC1CO1.C=C[Si](C)(O[Si](C)(C)OC)O[Si](C)(C)O[Si](C)(C=C)O[Si](C)(CO)OC.CCO[Si](C)(CC[Si](C)(C)O[Si](OC)(OC)O[Si](C)(C)CCOCC1CO1)OCC.CO[Si](C)(CC[Si](C)(C)O[Si](C)(C)O[Si](CCOCC1CO1)(OC)OC)OC. The summed E-state index contributed by atoms with van der Waals surface area (Å²) in [7, 11) is -35.9. The third-order valence-corrected chi connectivity index (χ3v) is 102. The Bertz CT molecular complexity index is 3470. The number of aliphatic hydroxyl groups excluding tert-OH is 1. The van der Waals surface area contributed by atoms with Crippen LogP contribution in [0.4, 0.5) is 0 Å². The average molecular weight is 2470 g/mol. The lowest BCUT2D eigenvalue weighted by molar-refractivity contribution is 0.0725. The summed E-state index contributed by atoms with van der Waals surface area (Å²) in [5, 5.41) is 9.61. The molecule has 1 aliphatic carbocycles. The van der Waals surface area contributed by atoms with E-state index in [1.807, 2.05) is 64.5 Å². The molecule has 0 radical (unpaired) electrons. The maximum absolute atomic E-state index is 9.61. The Labute approximate surface area is 918 Å². The fraction of sp³-hybridized carbons (Fsp3) is 0.889. The topological polar surface area (TPSA) is 338 Å². The summed E-state index contributed by atoms with van der Waals surface area (Å²) < 4.78 is 197. The minimum Gasteiger partial charge on any atom is -0.436 e. The minimum absolute atomic E-state index is 0. The Morgan fingerprint density at radius 1 is 0.267 bits per heavy atom. The predicted octanol–water partition coefficient (Wildman–Crippen LogP) is 23.0. The lowest BCUT2D eigenvalue weighted by Gasteiger charge is -2.42. The van der Waals surface area contributed by atoms with Gasteiger partial charge in [0, 0.05) is 104 Å². The molecule has 9 atom stereocenters. The second kappa shape index (κ2) is 69.2. The summed E-state index contributed by atoms with van der Waals surface area (Å²) in [5.41, 5.74) is 9.39. The first-order chi connectivity index (χ1) is 64.0. The van der Waals surface area contributed by atoms with Gasteiger partial charge in [0.2, 0.25) is 0 Å². The molecule has 878 valence electrons. The Balaban J connectivity index is -0.000000416. The van der Waals surface area contributed by atoms with Crippen molar-refractivity contribution < 1.29 is 149 Å². The standard InChI is InChI=1S/C19H42O5Si5.C18H44O8Si4.C17H40O6Si4.C16H40O8Si4.C14H36O7Si5.6CH4/c1-11-28(9,21-25(3,4)16-18-13-14-18)23-27(7,8)24-29(10,12-2)22-26(5,6)17-19-15-20-19;1-10-23-29(9,24-11-2)15-14-28(7,8)26-30(19-3,20-4)25-27(5,6)13-12-21-16-18-17-22-18;1-10-24(4,5)13-14-26(8,9)23-27(18-2,19-3)22-25(6,7)12-11-20-15-17-16-21-17;1-17-27(9,18-2)13-12-25(5,6)23-26(7,8)24-28(19-3,20-4)11-10-21-14-16-15-22-16;1-12-24(9,18-22(5,6)16-3)19-23(7,8)20-25(10,13-2)21-26(11,14-15)17-4;;;;;;/h11-12,18-19H,1-2,13-17H2,3-10H3;18H,10-17H2,1-9H3;10,17H,1,11-16H2,2-9H3;16H,10-15H2,1-9H3;12-13,15H,1-2,14H2,3-11H3;6*1H4. The fourth-order valence-electron chi connectivity index (χ4n) is 14.9. The summed E-state index contributed by atoms with van der Waals surface area (Å²) in [6, 6.07) is 10.3. The molecule has 56 heteroatoms. The number of aliphatic hydroxyl groups is 1. The van der Waals surface area contributed by atoms with Crippen LogP contribution in [-0.4, -0.2) is 373 Å². The van der Waals surface area contributed by atoms with Crippen molar-refractivity contribution in [2.24, 2.45) is 5.92 Å². The van der Waals surface area contributed by atoms with Crippen molar-refractivity contribution in [2.45, 2.75) is 365 Å². The molecule has 0 aromatic heterocycles.